The Hall–Kier alpha value is -5.64. The van der Waals surface area contributed by atoms with Crippen LogP contribution >= 0.6 is 0 Å². The van der Waals surface area contributed by atoms with Crippen LogP contribution in [0.4, 0.5) is 11.4 Å². The van der Waals surface area contributed by atoms with E-state index in [1.54, 1.807) is 18.2 Å². The lowest BCUT2D eigenvalue weighted by Gasteiger charge is -2.28. The van der Waals surface area contributed by atoms with Crippen molar-refractivity contribution in [3.63, 3.8) is 0 Å². The minimum absolute atomic E-state index is 0.0100. The molecule has 7 rings (SSSR count). The lowest BCUT2D eigenvalue weighted by atomic mass is 10.0. The van der Waals surface area contributed by atoms with Gasteiger partial charge in [0.05, 0.1) is 54.8 Å². The van der Waals surface area contributed by atoms with Gasteiger partial charge < -0.3 is 39.2 Å². The third-order valence-corrected chi connectivity index (χ3v) is 9.74. The van der Waals surface area contributed by atoms with Gasteiger partial charge >= 0.3 is 5.97 Å². The first-order valence-corrected chi connectivity index (χ1v) is 18.0. The Bertz CT molecular complexity index is 2020. The molecule has 274 valence electrons. The molecular weight excluding hydrogens is 674 g/mol. The van der Waals surface area contributed by atoms with E-state index >= 15 is 0 Å². The van der Waals surface area contributed by atoms with E-state index in [2.05, 4.69) is 21.6 Å². The number of likely N-dealkylation sites (N-methyl/N-ethyl adjacent to an activating group) is 1. The van der Waals surface area contributed by atoms with Crippen LogP contribution in [-0.2, 0) is 33.7 Å². The van der Waals surface area contributed by atoms with Gasteiger partial charge in [0.15, 0.2) is 0 Å². The van der Waals surface area contributed by atoms with Crippen molar-refractivity contribution in [1.82, 2.24) is 9.88 Å². The van der Waals surface area contributed by atoms with Gasteiger partial charge in [0.25, 0.3) is 0 Å². The molecule has 1 aromatic heterocycles. The molecule has 53 heavy (non-hydrogen) atoms. The maximum atomic E-state index is 14.0. The van der Waals surface area contributed by atoms with Crippen LogP contribution in [0.1, 0.15) is 51.9 Å². The van der Waals surface area contributed by atoms with Crippen LogP contribution in [0.25, 0.3) is 11.3 Å². The summed E-state index contributed by atoms with van der Waals surface area (Å²) in [6, 6.07) is 22.5. The number of pyridine rings is 1. The molecule has 0 aliphatic carbocycles. The largest absolute Gasteiger partial charge is 0.493 e. The highest BCUT2D eigenvalue weighted by molar-refractivity contribution is 6.00. The maximum Gasteiger partial charge on any atom is 0.338 e. The predicted octanol–water partition coefficient (Wildman–Crippen LogP) is 5.78. The topological polar surface area (TPSA) is 144 Å². The van der Waals surface area contributed by atoms with E-state index in [1.165, 1.54) is 7.11 Å². The maximum absolute atomic E-state index is 14.0. The number of hydrogen-bond donors (Lipinski definition) is 2. The molecule has 2 N–H and O–H groups in total. The molecule has 2 fully saturated rings. The molecule has 12 heteroatoms. The average molecular weight is 718 g/mol. The fraction of sp³-hybridized carbons (Fsp3) is 0.366. The van der Waals surface area contributed by atoms with Crippen LogP contribution in [-0.4, -0.2) is 81.0 Å². The second kappa shape index (κ2) is 16.4. The Morgan fingerprint density at radius 3 is 2.70 bits per heavy atom. The number of carbonyl (C=O) groups excluding carboxylic acids is 2. The summed E-state index contributed by atoms with van der Waals surface area (Å²) >= 11 is 0. The fourth-order valence-corrected chi connectivity index (χ4v) is 6.72. The molecular formula is C41H43N5O7. The molecule has 4 aromatic rings. The molecule has 1 unspecified atom stereocenters. The molecule has 0 spiro atoms. The quantitative estimate of drug-likeness (QED) is 0.204. The number of ether oxygens (including phenoxy) is 5. The average Bonchev–Trinajstić information content (AvgIpc) is 3.56. The number of nitrogens with one attached hydrogen (secondary N) is 2. The number of benzene rings is 3. The highest BCUT2D eigenvalue weighted by atomic mass is 16.5. The summed E-state index contributed by atoms with van der Waals surface area (Å²) in [5.74, 6) is 0.647. The Morgan fingerprint density at radius 2 is 1.92 bits per heavy atom. The summed E-state index contributed by atoms with van der Waals surface area (Å²) in [6.07, 6.45) is 3.02. The van der Waals surface area contributed by atoms with Gasteiger partial charge in [0.1, 0.15) is 29.9 Å². The van der Waals surface area contributed by atoms with E-state index < -0.39 is 5.97 Å². The van der Waals surface area contributed by atoms with Crippen molar-refractivity contribution >= 4 is 23.3 Å². The van der Waals surface area contributed by atoms with Crippen molar-refractivity contribution in [3.8, 4) is 34.7 Å². The van der Waals surface area contributed by atoms with Crippen LogP contribution in [0.15, 0.2) is 66.7 Å². The Morgan fingerprint density at radius 1 is 1.04 bits per heavy atom. The van der Waals surface area contributed by atoms with Crippen LogP contribution in [0, 0.1) is 11.3 Å². The smallest absolute Gasteiger partial charge is 0.338 e. The van der Waals surface area contributed by atoms with E-state index in [1.807, 2.05) is 55.6 Å². The number of aryl methyl sites for hydroxylation is 1. The highest BCUT2D eigenvalue weighted by Crippen LogP contribution is 2.38. The standard InChI is InChI=1S/C41H43N5O7/c1-46-14-12-33(24-46)53-37-20-31(41(48)49-2)18-35(43-23-32-13-16-50-32)40(37)45-38(47)21-29-11-10-28-19-36(29)51-15-4-5-27-17-26(22-42)8-9-30(27)25-52-39-7-3-6-34(28)44-39/h3,6-11,17-20,32-33,43H,4-5,12-16,21,23-25H2,1-2H3,(H,45,47)/t32-,33?/m0/s1. The van der Waals surface area contributed by atoms with Gasteiger partial charge in [-0.1, -0.05) is 24.3 Å². The van der Waals surface area contributed by atoms with Gasteiger partial charge in [0.2, 0.25) is 11.8 Å². The van der Waals surface area contributed by atoms with Gasteiger partial charge in [0, 0.05) is 43.4 Å². The number of nitriles is 1. The molecule has 3 aliphatic heterocycles. The zero-order valence-electron chi connectivity index (χ0n) is 30.0. The van der Waals surface area contributed by atoms with E-state index in [-0.39, 0.29) is 24.5 Å². The normalized spacial score (nSPS) is 18.1. The number of likely N-dealkylation sites (tertiary alicyclic amines) is 1. The number of nitrogens with zero attached hydrogens (tertiary/aromatic N) is 3. The van der Waals surface area contributed by atoms with Crippen molar-refractivity contribution < 1.29 is 33.3 Å². The third-order valence-electron chi connectivity index (χ3n) is 9.74. The minimum atomic E-state index is -0.507. The van der Waals surface area contributed by atoms with Crippen LogP contribution < -0.4 is 24.8 Å². The first-order valence-electron chi connectivity index (χ1n) is 18.0. The number of anilines is 2. The van der Waals surface area contributed by atoms with Crippen molar-refractivity contribution in [2.45, 2.75) is 50.9 Å². The number of esters is 1. The van der Waals surface area contributed by atoms with Crippen molar-refractivity contribution in [2.24, 2.45) is 0 Å². The van der Waals surface area contributed by atoms with Crippen molar-refractivity contribution in [2.75, 3.05) is 57.6 Å². The lowest BCUT2D eigenvalue weighted by Crippen LogP contribution is -2.33. The predicted molar refractivity (Wildman–Crippen MR) is 198 cm³/mol. The molecule has 12 nitrogen and oxygen atoms in total. The molecule has 2 saturated heterocycles. The third kappa shape index (κ3) is 8.71. The molecule has 0 saturated carbocycles. The number of fused-ring (bicyclic) bond motifs is 6. The summed E-state index contributed by atoms with van der Waals surface area (Å²) in [6.45, 7) is 3.53. The number of amides is 1. The summed E-state index contributed by atoms with van der Waals surface area (Å²) < 4.78 is 29.7. The monoisotopic (exact) mass is 717 g/mol. The van der Waals surface area contributed by atoms with E-state index in [4.69, 9.17) is 28.7 Å². The zero-order valence-corrected chi connectivity index (χ0v) is 30.0. The number of carbonyl (C=O) groups is 2. The second-order valence-corrected chi connectivity index (χ2v) is 13.6. The Kier molecular flexibility index (Phi) is 11.0. The van der Waals surface area contributed by atoms with E-state index in [0.29, 0.717) is 90.3 Å². The minimum Gasteiger partial charge on any atom is -0.493 e. The molecule has 0 radical (unpaired) electrons. The van der Waals surface area contributed by atoms with Crippen molar-refractivity contribution in [1.29, 1.82) is 5.26 Å². The Balaban J connectivity index is 1.17. The van der Waals surface area contributed by atoms with Gasteiger partial charge in [-0.3, -0.25) is 4.79 Å². The summed E-state index contributed by atoms with van der Waals surface area (Å²) in [5.41, 5.74) is 6.11. The van der Waals surface area contributed by atoms with Crippen LogP contribution in [0.2, 0.25) is 0 Å². The lowest BCUT2D eigenvalue weighted by molar-refractivity contribution is -0.115. The first-order chi connectivity index (χ1) is 25.8. The van der Waals surface area contributed by atoms with Gasteiger partial charge in [-0.05, 0) is 80.3 Å². The van der Waals surface area contributed by atoms with Crippen LogP contribution in [0.5, 0.6) is 17.4 Å². The zero-order chi connectivity index (χ0) is 36.7. The number of aromatic nitrogens is 1. The van der Waals surface area contributed by atoms with Gasteiger partial charge in [-0.15, -0.1) is 0 Å². The second-order valence-electron chi connectivity index (χ2n) is 13.6. The summed E-state index contributed by atoms with van der Waals surface area (Å²) in [7, 11) is 3.37. The summed E-state index contributed by atoms with van der Waals surface area (Å²) in [4.78, 5) is 33.7. The highest BCUT2D eigenvalue weighted by Gasteiger charge is 2.27. The molecule has 3 aliphatic rings. The van der Waals surface area contributed by atoms with Crippen molar-refractivity contribution in [3.05, 3.63) is 94.5 Å². The Labute approximate surface area is 309 Å². The molecule has 3 aromatic carbocycles. The molecule has 4 heterocycles. The van der Waals surface area contributed by atoms with E-state index in [9.17, 15) is 14.9 Å². The molecule has 2 atom stereocenters. The number of rotatable bonds is 9. The first kappa shape index (κ1) is 35.7. The molecule has 4 bridgehead atoms. The van der Waals surface area contributed by atoms with Crippen LogP contribution in [0.3, 0.4) is 0 Å². The fourth-order valence-electron chi connectivity index (χ4n) is 6.72. The number of methoxy groups -OCH3 is 1. The summed E-state index contributed by atoms with van der Waals surface area (Å²) in [5, 5.41) is 16.0. The van der Waals surface area contributed by atoms with Gasteiger partial charge in [-0.2, -0.15) is 5.26 Å². The van der Waals surface area contributed by atoms with Gasteiger partial charge in [-0.25, -0.2) is 9.78 Å². The molecule has 1 amide bonds. The SMILES string of the molecule is COC(=O)c1cc(NC[C@@H]2CCO2)c(NC(=O)Cc2ccc3cc2OCCCc2cc(C#N)ccc2COc2cccc-3n2)c(OC2CCN(C)C2)c1. The number of hydrogen-bond acceptors (Lipinski definition) is 11. The van der Waals surface area contributed by atoms with E-state index in [0.717, 1.165) is 42.6 Å².